The minimum Gasteiger partial charge on any atom is -0.490 e. The Morgan fingerprint density at radius 3 is 2.38 bits per heavy atom. The zero-order valence-electron chi connectivity index (χ0n) is 15.4. The van der Waals surface area contributed by atoms with E-state index < -0.39 is 11.9 Å². The van der Waals surface area contributed by atoms with Gasteiger partial charge in [0, 0.05) is 12.8 Å². The average molecular weight is 361 g/mol. The average Bonchev–Trinajstić information content (AvgIpc) is 2.91. The molecule has 0 aliphatic carbocycles. The van der Waals surface area contributed by atoms with Crippen molar-refractivity contribution in [3.05, 3.63) is 46.8 Å². The highest BCUT2D eigenvalue weighted by molar-refractivity contribution is 5.99. The Morgan fingerprint density at radius 1 is 1.04 bits per heavy atom. The number of carbonyl (C=O) groups excluding carboxylic acids is 2. The fourth-order valence-electron chi connectivity index (χ4n) is 2.51. The van der Waals surface area contributed by atoms with Crippen LogP contribution in [0, 0.1) is 13.8 Å². The van der Waals surface area contributed by atoms with Crippen molar-refractivity contribution in [2.24, 2.45) is 0 Å². The zero-order chi connectivity index (χ0) is 19.1. The van der Waals surface area contributed by atoms with Crippen LogP contribution in [0.25, 0.3) is 0 Å². The number of benzene rings is 1. The fraction of sp³-hybridized carbons (Fsp3) is 0.368. The Labute approximate surface area is 152 Å². The highest BCUT2D eigenvalue weighted by atomic mass is 16.6. The van der Waals surface area contributed by atoms with E-state index in [1.54, 1.807) is 38.1 Å². The summed E-state index contributed by atoms with van der Waals surface area (Å²) in [7, 11) is 1.52. The second-order valence-corrected chi connectivity index (χ2v) is 5.52. The standard InChI is InChI=1S/C19H23NO6/c1-5-24-14-8-6-7-9-15(14)26-19(22)17-12(2)16(13(3)20-17)18(21)25-11-10-23-4/h6-9,20H,5,10-11H2,1-4H3. The maximum atomic E-state index is 12.6. The van der Waals surface area contributed by atoms with Gasteiger partial charge in [-0.15, -0.1) is 0 Å². The van der Waals surface area contributed by atoms with Crippen LogP contribution in [0.4, 0.5) is 0 Å². The molecule has 0 saturated heterocycles. The van der Waals surface area contributed by atoms with Gasteiger partial charge in [0.05, 0.1) is 18.8 Å². The van der Waals surface area contributed by atoms with E-state index in [-0.39, 0.29) is 12.3 Å². The van der Waals surface area contributed by atoms with Crippen LogP contribution in [0.5, 0.6) is 11.5 Å². The van der Waals surface area contributed by atoms with Gasteiger partial charge in [-0.25, -0.2) is 9.59 Å². The summed E-state index contributed by atoms with van der Waals surface area (Å²) in [5, 5.41) is 0. The number of rotatable bonds is 8. The number of hydrogen-bond acceptors (Lipinski definition) is 6. The predicted octanol–water partition coefficient (Wildman–Crippen LogP) is 3.05. The minimum absolute atomic E-state index is 0.140. The number of ether oxygens (including phenoxy) is 4. The van der Waals surface area contributed by atoms with Crippen molar-refractivity contribution in [3.8, 4) is 11.5 Å². The number of H-pyrrole nitrogens is 1. The molecule has 1 heterocycles. The SMILES string of the molecule is CCOc1ccccc1OC(=O)c1[nH]c(C)c(C(=O)OCCOC)c1C. The number of aromatic amines is 1. The highest BCUT2D eigenvalue weighted by Gasteiger charge is 2.24. The normalized spacial score (nSPS) is 10.5. The molecule has 0 spiro atoms. The Kier molecular flexibility index (Phi) is 6.80. The lowest BCUT2D eigenvalue weighted by molar-refractivity contribution is 0.0387. The van der Waals surface area contributed by atoms with Gasteiger partial charge in [0.15, 0.2) is 11.5 Å². The molecule has 0 fully saturated rings. The molecule has 0 radical (unpaired) electrons. The Hall–Kier alpha value is -2.80. The van der Waals surface area contributed by atoms with Gasteiger partial charge < -0.3 is 23.9 Å². The van der Waals surface area contributed by atoms with Crippen LogP contribution < -0.4 is 9.47 Å². The third-order valence-corrected chi connectivity index (χ3v) is 3.72. The highest BCUT2D eigenvalue weighted by Crippen LogP contribution is 2.28. The molecule has 7 nitrogen and oxygen atoms in total. The van der Waals surface area contributed by atoms with Gasteiger partial charge in [-0.2, -0.15) is 0 Å². The van der Waals surface area contributed by atoms with Crippen LogP contribution >= 0.6 is 0 Å². The van der Waals surface area contributed by atoms with E-state index in [4.69, 9.17) is 18.9 Å². The number of nitrogens with one attached hydrogen (secondary N) is 1. The van der Waals surface area contributed by atoms with Gasteiger partial charge in [0.2, 0.25) is 0 Å². The quantitative estimate of drug-likeness (QED) is 0.442. The summed E-state index contributed by atoms with van der Waals surface area (Å²) >= 11 is 0. The van der Waals surface area contributed by atoms with Crippen molar-refractivity contribution >= 4 is 11.9 Å². The van der Waals surface area contributed by atoms with Crippen LogP contribution in [0.15, 0.2) is 24.3 Å². The van der Waals surface area contributed by atoms with Gasteiger partial charge in [0.25, 0.3) is 0 Å². The Balaban J connectivity index is 2.20. The molecule has 2 aromatic rings. The molecule has 26 heavy (non-hydrogen) atoms. The monoisotopic (exact) mass is 361 g/mol. The second kappa shape index (κ2) is 9.05. The van der Waals surface area contributed by atoms with E-state index in [1.165, 1.54) is 7.11 Å². The van der Waals surface area contributed by atoms with Crippen molar-refractivity contribution in [1.82, 2.24) is 4.98 Å². The molecule has 1 aromatic heterocycles. The van der Waals surface area contributed by atoms with E-state index in [9.17, 15) is 9.59 Å². The number of methoxy groups -OCH3 is 1. The van der Waals surface area contributed by atoms with Gasteiger partial charge >= 0.3 is 11.9 Å². The summed E-state index contributed by atoms with van der Waals surface area (Å²) < 4.78 is 20.9. The molecule has 0 unspecified atom stereocenters. The van der Waals surface area contributed by atoms with Gasteiger partial charge in [0.1, 0.15) is 12.3 Å². The molecule has 0 aliphatic rings. The van der Waals surface area contributed by atoms with E-state index in [1.807, 2.05) is 6.92 Å². The first-order chi connectivity index (χ1) is 12.5. The molecule has 140 valence electrons. The third kappa shape index (κ3) is 4.43. The van der Waals surface area contributed by atoms with Crippen LogP contribution in [0.3, 0.4) is 0 Å². The number of carbonyl (C=O) groups is 2. The summed E-state index contributed by atoms with van der Waals surface area (Å²) in [4.78, 5) is 27.7. The fourth-order valence-corrected chi connectivity index (χ4v) is 2.51. The van der Waals surface area contributed by atoms with E-state index >= 15 is 0 Å². The van der Waals surface area contributed by atoms with Crippen molar-refractivity contribution in [1.29, 1.82) is 0 Å². The van der Waals surface area contributed by atoms with E-state index in [2.05, 4.69) is 4.98 Å². The molecule has 0 atom stereocenters. The molecule has 0 aliphatic heterocycles. The summed E-state index contributed by atoms with van der Waals surface area (Å²) in [6.45, 7) is 6.11. The number of aryl methyl sites for hydroxylation is 1. The van der Waals surface area contributed by atoms with E-state index in [0.717, 1.165) is 0 Å². The largest absolute Gasteiger partial charge is 0.490 e. The maximum Gasteiger partial charge on any atom is 0.360 e. The molecule has 0 bridgehead atoms. The van der Waals surface area contributed by atoms with Crippen molar-refractivity contribution in [3.63, 3.8) is 0 Å². The molecule has 0 saturated carbocycles. The van der Waals surface area contributed by atoms with E-state index in [0.29, 0.717) is 41.5 Å². The summed E-state index contributed by atoms with van der Waals surface area (Å²) in [6.07, 6.45) is 0. The molecule has 1 aromatic carbocycles. The predicted molar refractivity (Wildman–Crippen MR) is 95.0 cm³/mol. The van der Waals surface area contributed by atoms with Crippen LogP contribution in [0.2, 0.25) is 0 Å². The van der Waals surface area contributed by atoms with Gasteiger partial charge in [-0.3, -0.25) is 0 Å². The molecular formula is C19H23NO6. The lowest BCUT2D eigenvalue weighted by Crippen LogP contribution is -2.13. The molecular weight excluding hydrogens is 338 g/mol. The van der Waals surface area contributed by atoms with Crippen molar-refractivity contribution in [2.75, 3.05) is 26.9 Å². The van der Waals surface area contributed by atoms with Gasteiger partial charge in [-0.05, 0) is 38.5 Å². The molecule has 2 rings (SSSR count). The summed E-state index contributed by atoms with van der Waals surface area (Å²) in [5.41, 5.74) is 1.54. The second-order valence-electron chi connectivity index (χ2n) is 5.52. The molecule has 0 amide bonds. The van der Waals surface area contributed by atoms with Crippen molar-refractivity contribution < 1.29 is 28.5 Å². The lowest BCUT2D eigenvalue weighted by Gasteiger charge is -2.10. The summed E-state index contributed by atoms with van der Waals surface area (Å²) in [6, 6.07) is 6.91. The first kappa shape index (κ1) is 19.5. The first-order valence-corrected chi connectivity index (χ1v) is 8.28. The third-order valence-electron chi connectivity index (χ3n) is 3.72. The Morgan fingerprint density at radius 2 is 1.73 bits per heavy atom. The zero-order valence-corrected chi connectivity index (χ0v) is 15.4. The van der Waals surface area contributed by atoms with Gasteiger partial charge in [-0.1, -0.05) is 12.1 Å². The Bertz CT molecular complexity index is 780. The first-order valence-electron chi connectivity index (χ1n) is 8.28. The molecule has 1 N–H and O–H groups in total. The number of para-hydroxylation sites is 2. The lowest BCUT2D eigenvalue weighted by atomic mass is 10.1. The van der Waals surface area contributed by atoms with Crippen LogP contribution in [-0.2, 0) is 9.47 Å². The van der Waals surface area contributed by atoms with Crippen LogP contribution in [0.1, 0.15) is 39.0 Å². The van der Waals surface area contributed by atoms with Crippen molar-refractivity contribution in [2.45, 2.75) is 20.8 Å². The summed E-state index contributed by atoms with van der Waals surface area (Å²) in [5.74, 6) is -0.325. The minimum atomic E-state index is -0.603. The number of hydrogen-bond donors (Lipinski definition) is 1. The maximum absolute atomic E-state index is 12.6. The molecule has 7 heteroatoms. The van der Waals surface area contributed by atoms with Crippen LogP contribution in [-0.4, -0.2) is 43.9 Å². The topological polar surface area (TPSA) is 86.9 Å². The number of esters is 2. The number of aromatic nitrogens is 1. The smallest absolute Gasteiger partial charge is 0.360 e.